The highest BCUT2D eigenvalue weighted by molar-refractivity contribution is 9.11. The highest BCUT2D eigenvalue weighted by Crippen LogP contribution is 2.26. The van der Waals surface area contributed by atoms with Crippen molar-refractivity contribution in [2.24, 2.45) is 11.7 Å². The smallest absolute Gasteiger partial charge is 0.241 e. The summed E-state index contributed by atoms with van der Waals surface area (Å²) in [5.41, 5.74) is 6.54. The van der Waals surface area contributed by atoms with Gasteiger partial charge in [-0.05, 0) is 46.5 Å². The van der Waals surface area contributed by atoms with Crippen LogP contribution in [0.3, 0.4) is 0 Å². The summed E-state index contributed by atoms with van der Waals surface area (Å²) < 4.78 is 1.78. The maximum Gasteiger partial charge on any atom is 0.241 e. The zero-order chi connectivity index (χ0) is 13.0. The molecule has 1 atom stereocenters. The summed E-state index contributed by atoms with van der Waals surface area (Å²) in [6.07, 6.45) is 0.681. The Hall–Kier alpha value is -0.390. The van der Waals surface area contributed by atoms with Crippen molar-refractivity contribution in [2.75, 3.05) is 5.32 Å². The molecule has 0 heterocycles. The van der Waals surface area contributed by atoms with Gasteiger partial charge in [0.15, 0.2) is 0 Å². The van der Waals surface area contributed by atoms with Gasteiger partial charge >= 0.3 is 0 Å². The van der Waals surface area contributed by atoms with Crippen LogP contribution in [0.15, 0.2) is 27.1 Å². The molecular weight excluding hydrogens is 348 g/mol. The van der Waals surface area contributed by atoms with Crippen LogP contribution in [0.5, 0.6) is 0 Å². The van der Waals surface area contributed by atoms with Crippen LogP contribution in [0, 0.1) is 5.92 Å². The summed E-state index contributed by atoms with van der Waals surface area (Å²) in [5, 5.41) is 2.81. The van der Waals surface area contributed by atoms with Gasteiger partial charge < -0.3 is 11.1 Å². The van der Waals surface area contributed by atoms with Gasteiger partial charge in [-0.2, -0.15) is 0 Å². The molecule has 0 aliphatic heterocycles. The van der Waals surface area contributed by atoms with Crippen molar-refractivity contribution in [2.45, 2.75) is 26.3 Å². The second kappa shape index (κ2) is 6.52. The van der Waals surface area contributed by atoms with Crippen LogP contribution in [0.25, 0.3) is 0 Å². The third-order valence-corrected chi connectivity index (χ3v) is 3.40. The lowest BCUT2D eigenvalue weighted by molar-refractivity contribution is -0.117. The van der Waals surface area contributed by atoms with Gasteiger partial charge in [0.1, 0.15) is 0 Å². The van der Waals surface area contributed by atoms with E-state index in [1.165, 1.54) is 0 Å². The predicted molar refractivity (Wildman–Crippen MR) is 77.9 cm³/mol. The van der Waals surface area contributed by atoms with Gasteiger partial charge in [0.05, 0.1) is 11.7 Å². The Labute approximate surface area is 118 Å². The molecule has 1 amide bonds. The minimum Gasteiger partial charge on any atom is -0.324 e. The number of rotatable bonds is 4. The van der Waals surface area contributed by atoms with E-state index in [4.69, 9.17) is 5.73 Å². The first kappa shape index (κ1) is 14.7. The van der Waals surface area contributed by atoms with E-state index in [2.05, 4.69) is 37.2 Å². The Morgan fingerprint density at radius 1 is 1.41 bits per heavy atom. The Bertz CT molecular complexity index is 407. The molecule has 0 aliphatic rings. The number of halogens is 2. The topological polar surface area (TPSA) is 55.1 Å². The standard InChI is InChI=1S/C12H16Br2N2O/c1-7(2)5-10(15)12(17)16-11-4-3-8(13)6-9(11)14/h3-4,6-7,10H,5,15H2,1-2H3,(H,16,17)/t10-/m1/s1. The Morgan fingerprint density at radius 2 is 2.06 bits per heavy atom. The van der Waals surface area contributed by atoms with E-state index in [0.29, 0.717) is 12.3 Å². The van der Waals surface area contributed by atoms with Gasteiger partial charge in [-0.1, -0.05) is 29.8 Å². The maximum absolute atomic E-state index is 11.8. The predicted octanol–water partition coefficient (Wildman–Crippen LogP) is 3.52. The van der Waals surface area contributed by atoms with Crippen molar-refractivity contribution in [3.05, 3.63) is 27.1 Å². The zero-order valence-corrected chi connectivity index (χ0v) is 13.0. The molecule has 0 bridgehead atoms. The second-order valence-electron chi connectivity index (χ2n) is 4.35. The van der Waals surface area contributed by atoms with Gasteiger partial charge in [-0.15, -0.1) is 0 Å². The minimum absolute atomic E-state index is 0.151. The summed E-state index contributed by atoms with van der Waals surface area (Å²) in [5.74, 6) is 0.255. The van der Waals surface area contributed by atoms with E-state index in [9.17, 15) is 4.79 Å². The van der Waals surface area contributed by atoms with Gasteiger partial charge in [0, 0.05) is 8.95 Å². The fourth-order valence-electron chi connectivity index (χ4n) is 1.43. The van der Waals surface area contributed by atoms with Crippen LogP contribution in [0.4, 0.5) is 5.69 Å². The molecular formula is C12H16Br2N2O. The van der Waals surface area contributed by atoms with Gasteiger partial charge in [-0.25, -0.2) is 0 Å². The van der Waals surface area contributed by atoms with Crippen LogP contribution in [0.2, 0.25) is 0 Å². The number of amides is 1. The lowest BCUT2D eigenvalue weighted by atomic mass is 10.0. The molecule has 5 heteroatoms. The van der Waals surface area contributed by atoms with E-state index < -0.39 is 6.04 Å². The highest BCUT2D eigenvalue weighted by atomic mass is 79.9. The molecule has 0 radical (unpaired) electrons. The Kier molecular flexibility index (Phi) is 5.62. The summed E-state index contributed by atoms with van der Waals surface area (Å²) in [7, 11) is 0. The first-order valence-electron chi connectivity index (χ1n) is 5.41. The quantitative estimate of drug-likeness (QED) is 0.859. The average molecular weight is 364 g/mol. The summed E-state index contributed by atoms with van der Waals surface area (Å²) in [6, 6.07) is 5.11. The number of hydrogen-bond donors (Lipinski definition) is 2. The first-order valence-corrected chi connectivity index (χ1v) is 7.00. The largest absolute Gasteiger partial charge is 0.324 e. The summed E-state index contributed by atoms with van der Waals surface area (Å²) in [6.45, 7) is 4.09. The average Bonchev–Trinajstić information content (AvgIpc) is 2.21. The van der Waals surface area contributed by atoms with Crippen molar-refractivity contribution < 1.29 is 4.79 Å². The molecule has 0 fully saturated rings. The first-order chi connectivity index (χ1) is 7.90. The SMILES string of the molecule is CC(C)C[C@@H](N)C(=O)Nc1ccc(Br)cc1Br. The monoisotopic (exact) mass is 362 g/mol. The van der Waals surface area contributed by atoms with Gasteiger partial charge in [0.25, 0.3) is 0 Å². The number of benzene rings is 1. The second-order valence-corrected chi connectivity index (χ2v) is 6.12. The molecule has 1 aromatic rings. The molecule has 1 aromatic carbocycles. The fourth-order valence-corrected chi connectivity index (χ4v) is 2.58. The van der Waals surface area contributed by atoms with E-state index in [0.717, 1.165) is 14.6 Å². The van der Waals surface area contributed by atoms with Crippen LogP contribution in [0.1, 0.15) is 20.3 Å². The molecule has 1 rings (SSSR count). The number of carbonyl (C=O) groups is 1. The van der Waals surface area contributed by atoms with Crippen LogP contribution in [-0.2, 0) is 4.79 Å². The molecule has 3 nitrogen and oxygen atoms in total. The van der Waals surface area contributed by atoms with E-state index in [-0.39, 0.29) is 5.91 Å². The molecule has 0 spiro atoms. The fraction of sp³-hybridized carbons (Fsp3) is 0.417. The normalized spacial score (nSPS) is 12.6. The molecule has 0 aliphatic carbocycles. The Morgan fingerprint density at radius 3 is 2.59 bits per heavy atom. The van der Waals surface area contributed by atoms with Crippen molar-refractivity contribution in [1.82, 2.24) is 0 Å². The van der Waals surface area contributed by atoms with Gasteiger partial charge in [-0.3, -0.25) is 4.79 Å². The zero-order valence-electron chi connectivity index (χ0n) is 9.84. The molecule has 0 saturated heterocycles. The van der Waals surface area contributed by atoms with E-state index in [1.807, 2.05) is 32.0 Å². The number of anilines is 1. The number of nitrogens with one attached hydrogen (secondary N) is 1. The maximum atomic E-state index is 11.8. The number of carbonyl (C=O) groups excluding carboxylic acids is 1. The summed E-state index contributed by atoms with van der Waals surface area (Å²) >= 11 is 6.75. The van der Waals surface area contributed by atoms with E-state index >= 15 is 0 Å². The molecule has 0 aromatic heterocycles. The van der Waals surface area contributed by atoms with Gasteiger partial charge in [0.2, 0.25) is 5.91 Å². The minimum atomic E-state index is -0.467. The third-order valence-electron chi connectivity index (χ3n) is 2.25. The Balaban J connectivity index is 2.67. The van der Waals surface area contributed by atoms with E-state index in [1.54, 1.807) is 0 Å². The van der Waals surface area contributed by atoms with Crippen molar-refractivity contribution >= 4 is 43.5 Å². The molecule has 3 N–H and O–H groups in total. The molecule has 0 unspecified atom stereocenters. The van der Waals surface area contributed by atoms with Crippen LogP contribution in [-0.4, -0.2) is 11.9 Å². The van der Waals surface area contributed by atoms with Crippen molar-refractivity contribution in [3.63, 3.8) is 0 Å². The number of hydrogen-bond acceptors (Lipinski definition) is 2. The lowest BCUT2D eigenvalue weighted by Crippen LogP contribution is -2.36. The number of nitrogens with two attached hydrogens (primary N) is 1. The summed E-state index contributed by atoms with van der Waals surface area (Å²) in [4.78, 5) is 11.8. The highest BCUT2D eigenvalue weighted by Gasteiger charge is 2.15. The molecule has 0 saturated carbocycles. The molecule has 17 heavy (non-hydrogen) atoms. The lowest BCUT2D eigenvalue weighted by Gasteiger charge is -2.15. The van der Waals surface area contributed by atoms with Crippen LogP contribution >= 0.6 is 31.9 Å². The molecule has 94 valence electrons. The van der Waals surface area contributed by atoms with Crippen molar-refractivity contribution in [3.8, 4) is 0 Å². The van der Waals surface area contributed by atoms with Crippen LogP contribution < -0.4 is 11.1 Å². The van der Waals surface area contributed by atoms with Crippen molar-refractivity contribution in [1.29, 1.82) is 0 Å². The third kappa shape index (κ3) is 4.77.